The molecule has 21 heavy (non-hydrogen) atoms. The van der Waals surface area contributed by atoms with Crippen molar-refractivity contribution in [3.05, 3.63) is 24.2 Å². The smallest absolute Gasteiger partial charge is 0.225 e. The van der Waals surface area contributed by atoms with E-state index in [1.54, 1.807) is 17.2 Å². The van der Waals surface area contributed by atoms with E-state index in [1.807, 2.05) is 6.07 Å². The molecule has 2 amide bonds. The monoisotopic (exact) mass is 292 g/mol. The second-order valence-corrected chi connectivity index (χ2v) is 5.63. The molecule has 1 aromatic heterocycles. The average molecular weight is 292 g/mol. The van der Waals surface area contributed by atoms with Crippen molar-refractivity contribution < 1.29 is 18.7 Å². The maximum Gasteiger partial charge on any atom is 0.225 e. The van der Waals surface area contributed by atoms with E-state index >= 15 is 0 Å². The van der Waals surface area contributed by atoms with Crippen LogP contribution in [-0.4, -0.2) is 42.5 Å². The van der Waals surface area contributed by atoms with Crippen LogP contribution in [-0.2, 0) is 20.9 Å². The zero-order valence-corrected chi connectivity index (χ0v) is 11.9. The Hall–Kier alpha value is -1.82. The number of hydrogen-bond acceptors (Lipinski definition) is 4. The van der Waals surface area contributed by atoms with Gasteiger partial charge in [0.2, 0.25) is 11.8 Å². The van der Waals surface area contributed by atoms with Gasteiger partial charge in [-0.15, -0.1) is 0 Å². The van der Waals surface area contributed by atoms with Gasteiger partial charge in [-0.05, 0) is 25.0 Å². The fraction of sp³-hybridized carbons (Fsp3) is 0.600. The number of carbonyl (C=O) groups is 2. The summed E-state index contributed by atoms with van der Waals surface area (Å²) in [5.74, 6) is 0.419. The molecule has 0 unspecified atom stereocenters. The molecule has 0 spiro atoms. The van der Waals surface area contributed by atoms with E-state index in [9.17, 15) is 9.59 Å². The fourth-order valence-corrected chi connectivity index (χ4v) is 2.86. The van der Waals surface area contributed by atoms with E-state index in [0.29, 0.717) is 19.6 Å². The van der Waals surface area contributed by atoms with Crippen molar-refractivity contribution in [1.82, 2.24) is 10.2 Å². The summed E-state index contributed by atoms with van der Waals surface area (Å²) in [4.78, 5) is 25.8. The van der Waals surface area contributed by atoms with Crippen LogP contribution in [0.4, 0.5) is 0 Å². The maximum atomic E-state index is 12.1. The maximum absolute atomic E-state index is 12.1. The van der Waals surface area contributed by atoms with Crippen molar-refractivity contribution in [3.8, 4) is 0 Å². The van der Waals surface area contributed by atoms with Crippen LogP contribution in [0.5, 0.6) is 0 Å². The predicted molar refractivity (Wildman–Crippen MR) is 74.2 cm³/mol. The van der Waals surface area contributed by atoms with Crippen LogP contribution in [0.15, 0.2) is 22.8 Å². The summed E-state index contributed by atoms with van der Waals surface area (Å²) in [6, 6.07) is 3.62. The van der Waals surface area contributed by atoms with Crippen molar-refractivity contribution in [2.24, 2.45) is 5.92 Å². The quantitative estimate of drug-likeness (QED) is 0.876. The van der Waals surface area contributed by atoms with Crippen LogP contribution in [0, 0.1) is 5.92 Å². The Bertz CT molecular complexity index is 494. The number of furan rings is 1. The Balaban J connectivity index is 1.47. The molecule has 0 bridgehead atoms. The first kappa shape index (κ1) is 14.1. The topological polar surface area (TPSA) is 71.8 Å². The third kappa shape index (κ3) is 3.44. The summed E-state index contributed by atoms with van der Waals surface area (Å²) in [5, 5.41) is 2.90. The lowest BCUT2D eigenvalue weighted by Crippen LogP contribution is -2.37. The largest absolute Gasteiger partial charge is 0.467 e. The van der Waals surface area contributed by atoms with Crippen LogP contribution >= 0.6 is 0 Å². The Kier molecular flexibility index (Phi) is 4.24. The van der Waals surface area contributed by atoms with E-state index in [1.165, 1.54) is 0 Å². The minimum Gasteiger partial charge on any atom is -0.467 e. The number of likely N-dealkylation sites (tertiary alicyclic amines) is 1. The predicted octanol–water partition coefficient (Wildman–Crippen LogP) is 0.923. The first-order chi connectivity index (χ1) is 10.2. The van der Waals surface area contributed by atoms with E-state index < -0.39 is 0 Å². The standard InChI is InChI=1S/C15H20N2O4/c18-14-7-11(9-17(14)10-13-4-2-6-21-13)15(19)16-8-12-3-1-5-20-12/h2,4,6,11-12H,1,3,5,7-10H2,(H,16,19)/t11-,12+/m0/s1. The zero-order chi connectivity index (χ0) is 14.7. The molecule has 6 heteroatoms. The molecule has 6 nitrogen and oxygen atoms in total. The Labute approximate surface area is 123 Å². The van der Waals surface area contributed by atoms with E-state index in [-0.39, 0.29) is 30.3 Å². The number of hydrogen-bond donors (Lipinski definition) is 1. The minimum absolute atomic E-state index is 0.00339. The molecule has 2 aliphatic heterocycles. The lowest BCUT2D eigenvalue weighted by Gasteiger charge is -2.16. The molecule has 114 valence electrons. The molecule has 1 aromatic rings. The van der Waals surface area contributed by atoms with Crippen molar-refractivity contribution in [3.63, 3.8) is 0 Å². The summed E-state index contributed by atoms with van der Waals surface area (Å²) in [6.07, 6.45) is 4.04. The molecule has 2 saturated heterocycles. The van der Waals surface area contributed by atoms with Crippen molar-refractivity contribution >= 4 is 11.8 Å². The minimum atomic E-state index is -0.270. The number of carbonyl (C=O) groups excluding carboxylic acids is 2. The van der Waals surface area contributed by atoms with Gasteiger partial charge in [-0.1, -0.05) is 0 Å². The number of nitrogens with zero attached hydrogens (tertiary/aromatic N) is 1. The molecule has 0 saturated carbocycles. The second-order valence-electron chi connectivity index (χ2n) is 5.63. The van der Waals surface area contributed by atoms with Crippen LogP contribution in [0.2, 0.25) is 0 Å². The van der Waals surface area contributed by atoms with Crippen LogP contribution in [0.1, 0.15) is 25.0 Å². The van der Waals surface area contributed by atoms with Gasteiger partial charge in [-0.2, -0.15) is 0 Å². The first-order valence-corrected chi connectivity index (χ1v) is 7.42. The molecule has 3 heterocycles. The van der Waals surface area contributed by atoms with Gasteiger partial charge in [0.05, 0.1) is 24.8 Å². The van der Waals surface area contributed by atoms with Gasteiger partial charge < -0.3 is 19.4 Å². The van der Waals surface area contributed by atoms with Crippen LogP contribution in [0.3, 0.4) is 0 Å². The number of rotatable bonds is 5. The average Bonchev–Trinajstić information content (AvgIpc) is 3.20. The van der Waals surface area contributed by atoms with Crippen LogP contribution < -0.4 is 5.32 Å². The number of nitrogens with one attached hydrogen (secondary N) is 1. The molecule has 0 radical (unpaired) electrons. The third-order valence-corrected chi connectivity index (χ3v) is 4.04. The number of ether oxygens (including phenoxy) is 1. The van der Waals surface area contributed by atoms with Gasteiger partial charge in [0.1, 0.15) is 5.76 Å². The molecule has 3 rings (SSSR count). The van der Waals surface area contributed by atoms with Gasteiger partial charge in [0.25, 0.3) is 0 Å². The first-order valence-electron chi connectivity index (χ1n) is 7.42. The lowest BCUT2D eigenvalue weighted by molar-refractivity contribution is -0.129. The third-order valence-electron chi connectivity index (χ3n) is 4.04. The summed E-state index contributed by atoms with van der Waals surface area (Å²) in [5.41, 5.74) is 0. The second kappa shape index (κ2) is 6.30. The highest BCUT2D eigenvalue weighted by Gasteiger charge is 2.34. The van der Waals surface area contributed by atoms with Gasteiger partial charge in [0, 0.05) is 26.1 Å². The van der Waals surface area contributed by atoms with Crippen molar-refractivity contribution in [1.29, 1.82) is 0 Å². The molecular formula is C15H20N2O4. The van der Waals surface area contributed by atoms with E-state index in [4.69, 9.17) is 9.15 Å². The summed E-state index contributed by atoms with van der Waals surface area (Å²) < 4.78 is 10.7. The highest BCUT2D eigenvalue weighted by molar-refractivity contribution is 5.89. The Morgan fingerprint density at radius 1 is 1.48 bits per heavy atom. The summed E-state index contributed by atoms with van der Waals surface area (Å²) in [6.45, 7) is 2.21. The van der Waals surface area contributed by atoms with Crippen LogP contribution in [0.25, 0.3) is 0 Å². The van der Waals surface area contributed by atoms with Gasteiger partial charge in [-0.3, -0.25) is 9.59 Å². The summed E-state index contributed by atoms with van der Waals surface area (Å²) in [7, 11) is 0. The van der Waals surface area contributed by atoms with Gasteiger partial charge >= 0.3 is 0 Å². The number of amides is 2. The van der Waals surface area contributed by atoms with E-state index in [2.05, 4.69) is 5.32 Å². The van der Waals surface area contributed by atoms with Gasteiger partial charge in [-0.25, -0.2) is 0 Å². The highest BCUT2D eigenvalue weighted by Crippen LogP contribution is 2.21. The molecule has 2 aliphatic rings. The molecule has 2 fully saturated rings. The lowest BCUT2D eigenvalue weighted by atomic mass is 10.1. The Morgan fingerprint density at radius 3 is 3.10 bits per heavy atom. The SMILES string of the molecule is O=C(NC[C@H]1CCCO1)[C@H]1CC(=O)N(Cc2ccco2)C1. The van der Waals surface area contributed by atoms with E-state index in [0.717, 1.165) is 25.2 Å². The molecule has 2 atom stereocenters. The van der Waals surface area contributed by atoms with Gasteiger partial charge in [0.15, 0.2) is 0 Å². The fourth-order valence-electron chi connectivity index (χ4n) is 2.86. The zero-order valence-electron chi connectivity index (χ0n) is 11.9. The molecular weight excluding hydrogens is 272 g/mol. The highest BCUT2D eigenvalue weighted by atomic mass is 16.5. The Morgan fingerprint density at radius 2 is 2.38 bits per heavy atom. The summed E-state index contributed by atoms with van der Waals surface area (Å²) >= 11 is 0. The normalized spacial score (nSPS) is 25.5. The molecule has 0 aliphatic carbocycles. The van der Waals surface area contributed by atoms with Crippen molar-refractivity contribution in [2.75, 3.05) is 19.7 Å². The molecule has 0 aromatic carbocycles. The molecule has 1 N–H and O–H groups in total. The van der Waals surface area contributed by atoms with Crippen molar-refractivity contribution in [2.45, 2.75) is 31.9 Å².